The van der Waals surface area contributed by atoms with Crippen LogP contribution in [0.1, 0.15) is 38.5 Å². The number of benzene rings is 1. The number of nitrogens with zero attached hydrogens (tertiary/aromatic N) is 2. The summed E-state index contributed by atoms with van der Waals surface area (Å²) in [6.07, 6.45) is 7.41. The summed E-state index contributed by atoms with van der Waals surface area (Å²) in [6, 6.07) is 5.33. The summed E-state index contributed by atoms with van der Waals surface area (Å²) in [7, 11) is 0. The molecule has 1 amide bonds. The largest absolute Gasteiger partial charge is 0.383 e. The Labute approximate surface area is 178 Å². The standard InChI is InChI=1S/C19H21Cl3N4O2/c20-14-10-13(26-19(28)18(22)15(21)11-24-26)6-7-16(14)23-9-8-17(27)25-12-4-2-1-3-5-12/h6-7,10-12,23H,1-5,8-9H2,(H,25,27). The molecule has 1 aliphatic rings. The molecule has 0 aliphatic heterocycles. The third kappa shape index (κ3) is 5.19. The van der Waals surface area contributed by atoms with E-state index in [-0.39, 0.29) is 16.0 Å². The molecule has 0 saturated heterocycles. The van der Waals surface area contributed by atoms with Crippen molar-refractivity contribution in [2.24, 2.45) is 0 Å². The van der Waals surface area contributed by atoms with Gasteiger partial charge in [-0.1, -0.05) is 54.1 Å². The SMILES string of the molecule is O=C(CCNc1ccc(-n2ncc(Cl)c(Cl)c2=O)cc1Cl)NC1CCCCC1. The van der Waals surface area contributed by atoms with Gasteiger partial charge in [0.1, 0.15) is 5.02 Å². The van der Waals surface area contributed by atoms with Gasteiger partial charge in [-0.15, -0.1) is 0 Å². The van der Waals surface area contributed by atoms with E-state index >= 15 is 0 Å². The van der Waals surface area contributed by atoms with Crippen LogP contribution in [0.25, 0.3) is 5.69 Å². The van der Waals surface area contributed by atoms with E-state index in [2.05, 4.69) is 15.7 Å². The number of hydrogen-bond acceptors (Lipinski definition) is 4. The van der Waals surface area contributed by atoms with Crippen molar-refractivity contribution in [3.8, 4) is 5.69 Å². The second-order valence-corrected chi connectivity index (χ2v) is 7.96. The first kappa shape index (κ1) is 21.0. The van der Waals surface area contributed by atoms with Crippen molar-refractivity contribution in [3.63, 3.8) is 0 Å². The minimum atomic E-state index is -0.523. The van der Waals surface area contributed by atoms with Gasteiger partial charge in [-0.2, -0.15) is 9.78 Å². The summed E-state index contributed by atoms with van der Waals surface area (Å²) in [5.41, 5.74) is 0.614. The van der Waals surface area contributed by atoms with Crippen molar-refractivity contribution in [1.82, 2.24) is 15.1 Å². The topological polar surface area (TPSA) is 76.0 Å². The van der Waals surface area contributed by atoms with Crippen LogP contribution in [0.15, 0.2) is 29.2 Å². The minimum Gasteiger partial charge on any atom is -0.383 e. The molecular formula is C19H21Cl3N4O2. The van der Waals surface area contributed by atoms with E-state index in [1.54, 1.807) is 18.2 Å². The number of carbonyl (C=O) groups is 1. The van der Waals surface area contributed by atoms with Gasteiger partial charge in [0, 0.05) is 19.0 Å². The van der Waals surface area contributed by atoms with Crippen molar-refractivity contribution >= 4 is 46.4 Å². The maximum atomic E-state index is 12.2. The van der Waals surface area contributed by atoms with Crippen LogP contribution >= 0.6 is 34.8 Å². The lowest BCUT2D eigenvalue weighted by atomic mass is 9.95. The van der Waals surface area contributed by atoms with Crippen LogP contribution in [0.2, 0.25) is 15.1 Å². The Morgan fingerprint density at radius 1 is 1.14 bits per heavy atom. The molecule has 1 aromatic heterocycles. The lowest BCUT2D eigenvalue weighted by Gasteiger charge is -2.22. The number of nitrogens with one attached hydrogen (secondary N) is 2. The Hall–Kier alpha value is -1.76. The average Bonchev–Trinajstić information content (AvgIpc) is 2.68. The van der Waals surface area contributed by atoms with Gasteiger partial charge in [0.15, 0.2) is 0 Å². The molecule has 1 fully saturated rings. The maximum absolute atomic E-state index is 12.2. The van der Waals surface area contributed by atoms with E-state index < -0.39 is 5.56 Å². The molecule has 9 heteroatoms. The van der Waals surface area contributed by atoms with E-state index in [0.29, 0.717) is 35.4 Å². The van der Waals surface area contributed by atoms with E-state index in [1.165, 1.54) is 25.5 Å². The van der Waals surface area contributed by atoms with Crippen LogP contribution in [0.4, 0.5) is 5.69 Å². The number of amides is 1. The van der Waals surface area contributed by atoms with Crippen molar-refractivity contribution in [2.45, 2.75) is 44.6 Å². The lowest BCUT2D eigenvalue weighted by molar-refractivity contribution is -0.121. The number of hydrogen-bond donors (Lipinski definition) is 2. The monoisotopic (exact) mass is 442 g/mol. The third-order valence-corrected chi connectivity index (χ3v) is 5.77. The van der Waals surface area contributed by atoms with Crippen molar-refractivity contribution in [3.05, 3.63) is 49.8 Å². The van der Waals surface area contributed by atoms with Gasteiger partial charge in [0.25, 0.3) is 5.56 Å². The quantitative estimate of drug-likeness (QED) is 0.692. The highest BCUT2D eigenvalue weighted by atomic mass is 35.5. The molecule has 150 valence electrons. The first-order valence-corrected chi connectivity index (χ1v) is 10.4. The van der Waals surface area contributed by atoms with Gasteiger partial charge >= 0.3 is 0 Å². The number of anilines is 1. The molecule has 1 aromatic carbocycles. The summed E-state index contributed by atoms with van der Waals surface area (Å²) in [5, 5.41) is 10.6. The lowest BCUT2D eigenvalue weighted by Crippen LogP contribution is -2.36. The zero-order valence-corrected chi connectivity index (χ0v) is 17.4. The predicted octanol–water partition coefficient (Wildman–Crippen LogP) is 4.44. The smallest absolute Gasteiger partial charge is 0.291 e. The number of aromatic nitrogens is 2. The summed E-state index contributed by atoms with van der Waals surface area (Å²) in [4.78, 5) is 24.2. The minimum absolute atomic E-state index is 0.0405. The molecule has 0 spiro atoms. The second-order valence-electron chi connectivity index (χ2n) is 6.77. The highest BCUT2D eigenvalue weighted by molar-refractivity contribution is 6.41. The number of rotatable bonds is 6. The molecule has 0 unspecified atom stereocenters. The van der Waals surface area contributed by atoms with E-state index in [0.717, 1.165) is 17.5 Å². The van der Waals surface area contributed by atoms with Crippen LogP contribution in [-0.4, -0.2) is 28.3 Å². The van der Waals surface area contributed by atoms with Gasteiger partial charge in [0.05, 0.1) is 27.6 Å². The third-order valence-electron chi connectivity index (χ3n) is 4.71. The Morgan fingerprint density at radius 3 is 2.61 bits per heavy atom. The molecule has 0 radical (unpaired) electrons. The van der Waals surface area contributed by atoms with Crippen LogP contribution in [0.5, 0.6) is 0 Å². The number of carbonyl (C=O) groups excluding carboxylic acids is 1. The molecule has 0 atom stereocenters. The second kappa shape index (κ2) is 9.63. The molecule has 28 heavy (non-hydrogen) atoms. The Balaban J connectivity index is 1.58. The summed E-state index contributed by atoms with van der Waals surface area (Å²) in [5.74, 6) is 0.0405. The first-order chi connectivity index (χ1) is 13.5. The fourth-order valence-electron chi connectivity index (χ4n) is 3.23. The molecule has 1 saturated carbocycles. The Bertz CT molecular complexity index is 911. The van der Waals surface area contributed by atoms with Crippen LogP contribution < -0.4 is 16.2 Å². The van der Waals surface area contributed by atoms with Gasteiger partial charge in [-0.25, -0.2) is 0 Å². The summed E-state index contributed by atoms with van der Waals surface area (Å²) >= 11 is 18.0. The molecule has 2 N–H and O–H groups in total. The Morgan fingerprint density at radius 2 is 1.89 bits per heavy atom. The molecule has 3 rings (SSSR count). The van der Waals surface area contributed by atoms with Crippen molar-refractivity contribution in [2.75, 3.05) is 11.9 Å². The zero-order valence-electron chi connectivity index (χ0n) is 15.2. The van der Waals surface area contributed by atoms with Gasteiger partial charge in [0.2, 0.25) is 5.91 Å². The zero-order chi connectivity index (χ0) is 20.1. The molecule has 6 nitrogen and oxygen atoms in total. The fourth-order valence-corrected chi connectivity index (χ4v) is 3.73. The van der Waals surface area contributed by atoms with Gasteiger partial charge < -0.3 is 10.6 Å². The van der Waals surface area contributed by atoms with Crippen LogP contribution in [0.3, 0.4) is 0 Å². The van der Waals surface area contributed by atoms with E-state index in [9.17, 15) is 9.59 Å². The maximum Gasteiger partial charge on any atom is 0.291 e. The predicted molar refractivity (Wildman–Crippen MR) is 113 cm³/mol. The first-order valence-electron chi connectivity index (χ1n) is 9.22. The summed E-state index contributed by atoms with van der Waals surface area (Å²) < 4.78 is 1.13. The molecular weight excluding hydrogens is 423 g/mol. The van der Waals surface area contributed by atoms with Gasteiger partial charge in [-0.3, -0.25) is 9.59 Å². The van der Waals surface area contributed by atoms with E-state index in [4.69, 9.17) is 34.8 Å². The summed E-state index contributed by atoms with van der Waals surface area (Å²) in [6.45, 7) is 0.461. The molecule has 1 heterocycles. The molecule has 2 aromatic rings. The molecule has 0 bridgehead atoms. The molecule has 1 aliphatic carbocycles. The van der Waals surface area contributed by atoms with Gasteiger partial charge in [-0.05, 0) is 31.0 Å². The normalized spacial score (nSPS) is 14.7. The Kier molecular flexibility index (Phi) is 7.21. The van der Waals surface area contributed by atoms with Crippen molar-refractivity contribution in [1.29, 1.82) is 0 Å². The van der Waals surface area contributed by atoms with E-state index in [1.807, 2.05) is 0 Å². The average molecular weight is 444 g/mol. The highest BCUT2D eigenvalue weighted by Crippen LogP contribution is 2.25. The highest BCUT2D eigenvalue weighted by Gasteiger charge is 2.15. The van der Waals surface area contributed by atoms with Crippen molar-refractivity contribution < 1.29 is 4.79 Å². The number of halogens is 3. The van der Waals surface area contributed by atoms with Crippen LogP contribution in [-0.2, 0) is 4.79 Å². The van der Waals surface area contributed by atoms with Crippen LogP contribution in [0, 0.1) is 0 Å². The fraction of sp³-hybridized carbons (Fsp3) is 0.421.